The summed E-state index contributed by atoms with van der Waals surface area (Å²) in [6, 6.07) is 4.99. The van der Waals surface area contributed by atoms with E-state index < -0.39 is 18.7 Å². The van der Waals surface area contributed by atoms with Crippen LogP contribution in [-0.4, -0.2) is 49.9 Å². The van der Waals surface area contributed by atoms with Crippen LogP contribution in [0.2, 0.25) is 0 Å². The molecule has 0 spiro atoms. The van der Waals surface area contributed by atoms with Crippen LogP contribution in [0.3, 0.4) is 0 Å². The lowest BCUT2D eigenvalue weighted by Gasteiger charge is -2.12. The van der Waals surface area contributed by atoms with Gasteiger partial charge in [0, 0.05) is 28.6 Å². The van der Waals surface area contributed by atoms with Crippen LogP contribution in [-0.2, 0) is 11.3 Å². The van der Waals surface area contributed by atoms with Crippen molar-refractivity contribution in [2.75, 3.05) is 13.2 Å². The molecule has 5 heterocycles. The van der Waals surface area contributed by atoms with Crippen molar-refractivity contribution in [2.24, 2.45) is 0 Å². The number of nitrogens with zero attached hydrogens (tertiary/aromatic N) is 4. The maximum absolute atomic E-state index is 13.0. The van der Waals surface area contributed by atoms with E-state index in [4.69, 9.17) is 9.15 Å². The van der Waals surface area contributed by atoms with Gasteiger partial charge in [-0.25, -0.2) is 9.31 Å². The third-order valence-corrected chi connectivity index (χ3v) is 6.00. The van der Waals surface area contributed by atoms with Crippen LogP contribution in [0, 0.1) is 13.8 Å². The van der Waals surface area contributed by atoms with Gasteiger partial charge in [-0.3, -0.25) is 4.68 Å². The summed E-state index contributed by atoms with van der Waals surface area (Å²) in [5.74, 6) is -0.443. The Morgan fingerprint density at radius 2 is 2.06 bits per heavy atom. The fourth-order valence-corrected chi connectivity index (χ4v) is 4.40. The Balaban J connectivity index is 1.60. The number of carbonyl (C=O) groups is 1. The fraction of sp³-hybridized carbons (Fsp3) is 0.292. The summed E-state index contributed by atoms with van der Waals surface area (Å²) in [5, 5.41) is 18.1. The van der Waals surface area contributed by atoms with Crippen LogP contribution in [0.15, 0.2) is 41.1 Å². The van der Waals surface area contributed by atoms with Crippen molar-refractivity contribution in [3.63, 3.8) is 0 Å². The number of halogens is 3. The molecule has 0 radical (unpaired) electrons. The van der Waals surface area contributed by atoms with Crippen LogP contribution in [0.1, 0.15) is 33.9 Å². The second-order valence-corrected chi connectivity index (χ2v) is 8.33. The zero-order chi connectivity index (χ0) is 24.9. The highest BCUT2D eigenvalue weighted by Crippen LogP contribution is 2.36. The van der Waals surface area contributed by atoms with Gasteiger partial charge >= 0.3 is 12.1 Å². The summed E-state index contributed by atoms with van der Waals surface area (Å²) < 4.78 is 52.8. The number of alkyl halides is 3. The molecule has 0 amide bonds. The largest absolute Gasteiger partial charge is 0.478 e. The first-order chi connectivity index (χ1) is 16.6. The SMILES string of the molecule is Cc1nn(CC(F)(F)F)c(C)c1-c1cnn2ccc(-c3cc(C(=O)O)c(C4=CCOCC4)o3)cc12. The zero-order valence-electron chi connectivity index (χ0n) is 18.9. The predicted molar refractivity (Wildman–Crippen MR) is 120 cm³/mol. The molecule has 1 N–H and O–H groups in total. The van der Waals surface area contributed by atoms with Crippen LogP contribution in [0.25, 0.3) is 33.5 Å². The van der Waals surface area contributed by atoms with Crippen molar-refractivity contribution in [1.82, 2.24) is 19.4 Å². The lowest BCUT2D eigenvalue weighted by molar-refractivity contribution is -0.142. The number of fused-ring (bicyclic) bond motifs is 1. The predicted octanol–water partition coefficient (Wildman–Crippen LogP) is 5.14. The first-order valence-electron chi connectivity index (χ1n) is 10.9. The minimum absolute atomic E-state index is 0.0573. The number of furan rings is 1. The smallest absolute Gasteiger partial charge is 0.408 e. The van der Waals surface area contributed by atoms with Crippen LogP contribution < -0.4 is 0 Å². The van der Waals surface area contributed by atoms with Crippen molar-refractivity contribution >= 4 is 17.1 Å². The van der Waals surface area contributed by atoms with E-state index in [1.807, 2.05) is 0 Å². The Kier molecular flexibility index (Phi) is 5.51. The molecule has 0 saturated heterocycles. The third kappa shape index (κ3) is 4.23. The average molecular weight is 486 g/mol. The number of rotatable bonds is 5. The molecule has 0 fully saturated rings. The van der Waals surface area contributed by atoms with Crippen molar-refractivity contribution < 1.29 is 32.2 Å². The van der Waals surface area contributed by atoms with E-state index >= 15 is 0 Å². The molecule has 182 valence electrons. The van der Waals surface area contributed by atoms with Gasteiger partial charge in [0.1, 0.15) is 23.6 Å². The molecule has 4 aromatic rings. The standard InChI is InChI=1S/C24H21F3N4O4/c1-13-21(14(2)31(29-13)12-24(25,26)27)18-11-28-30-6-3-16(9-19(18)30)20-10-17(23(32)33)22(35-20)15-4-7-34-8-5-15/h3-4,6,9-11H,5,7-8,12H2,1-2H3,(H,32,33). The van der Waals surface area contributed by atoms with Crippen molar-refractivity contribution in [2.45, 2.75) is 33.0 Å². The van der Waals surface area contributed by atoms with E-state index in [9.17, 15) is 23.1 Å². The Morgan fingerprint density at radius 1 is 1.26 bits per heavy atom. The Hall–Kier alpha value is -3.86. The van der Waals surface area contributed by atoms with Crippen LogP contribution in [0.4, 0.5) is 13.2 Å². The number of pyridine rings is 1. The second-order valence-electron chi connectivity index (χ2n) is 8.33. The lowest BCUT2D eigenvalue weighted by Crippen LogP contribution is -2.19. The van der Waals surface area contributed by atoms with Crippen LogP contribution >= 0.6 is 0 Å². The number of aromatic nitrogens is 4. The van der Waals surface area contributed by atoms with Crippen molar-refractivity contribution in [3.05, 3.63) is 59.4 Å². The molecule has 0 aromatic carbocycles. The third-order valence-electron chi connectivity index (χ3n) is 6.00. The molecular formula is C24H21F3N4O4. The molecule has 0 bridgehead atoms. The van der Waals surface area contributed by atoms with Gasteiger partial charge < -0.3 is 14.3 Å². The highest BCUT2D eigenvalue weighted by molar-refractivity contribution is 5.95. The highest BCUT2D eigenvalue weighted by atomic mass is 19.4. The minimum atomic E-state index is -4.40. The van der Waals surface area contributed by atoms with Gasteiger partial charge in [0.15, 0.2) is 0 Å². The van der Waals surface area contributed by atoms with E-state index in [0.29, 0.717) is 64.7 Å². The molecule has 1 aliphatic rings. The summed E-state index contributed by atoms with van der Waals surface area (Å²) in [7, 11) is 0. The quantitative estimate of drug-likeness (QED) is 0.420. The number of carboxylic acid groups (broad SMARTS) is 1. The summed E-state index contributed by atoms with van der Waals surface area (Å²) in [6.07, 6.45) is 1.22. The van der Waals surface area contributed by atoms with Gasteiger partial charge in [0.2, 0.25) is 0 Å². The molecule has 35 heavy (non-hydrogen) atoms. The molecular weight excluding hydrogens is 465 g/mol. The van der Waals surface area contributed by atoms with E-state index in [2.05, 4.69) is 10.2 Å². The number of aryl methyl sites for hydroxylation is 1. The minimum Gasteiger partial charge on any atom is -0.478 e. The van der Waals surface area contributed by atoms with E-state index in [-0.39, 0.29) is 5.56 Å². The van der Waals surface area contributed by atoms with Crippen molar-refractivity contribution in [3.8, 4) is 22.5 Å². The Bertz CT molecular complexity index is 1480. The molecule has 0 aliphatic carbocycles. The first kappa shape index (κ1) is 22.9. The molecule has 11 heteroatoms. The van der Waals surface area contributed by atoms with E-state index in [1.54, 1.807) is 49.0 Å². The first-order valence-corrected chi connectivity index (χ1v) is 10.9. The highest BCUT2D eigenvalue weighted by Gasteiger charge is 2.31. The number of carboxylic acids is 1. The Morgan fingerprint density at radius 3 is 2.74 bits per heavy atom. The number of hydrogen-bond donors (Lipinski definition) is 1. The summed E-state index contributed by atoms with van der Waals surface area (Å²) >= 11 is 0. The lowest BCUT2D eigenvalue weighted by atomic mass is 10.0. The topological polar surface area (TPSA) is 94.8 Å². The number of ether oxygens (including phenoxy) is 1. The Labute approximate surface area is 197 Å². The van der Waals surface area contributed by atoms with E-state index in [0.717, 1.165) is 10.3 Å². The molecule has 0 saturated carbocycles. The van der Waals surface area contributed by atoms with E-state index in [1.165, 1.54) is 6.07 Å². The molecule has 8 nitrogen and oxygen atoms in total. The van der Waals surface area contributed by atoms with Gasteiger partial charge in [0.05, 0.1) is 30.6 Å². The molecule has 1 aliphatic heterocycles. The van der Waals surface area contributed by atoms with Crippen LogP contribution in [0.5, 0.6) is 0 Å². The average Bonchev–Trinajstić information content (AvgIpc) is 3.49. The summed E-state index contributed by atoms with van der Waals surface area (Å²) in [6.45, 7) is 2.93. The zero-order valence-corrected chi connectivity index (χ0v) is 18.9. The number of aromatic carboxylic acids is 1. The molecule has 0 atom stereocenters. The van der Waals surface area contributed by atoms with Gasteiger partial charge in [-0.05, 0) is 44.0 Å². The maximum Gasteiger partial charge on any atom is 0.408 e. The monoisotopic (exact) mass is 486 g/mol. The molecule has 5 rings (SSSR count). The van der Waals surface area contributed by atoms with Gasteiger partial charge in [0.25, 0.3) is 0 Å². The van der Waals surface area contributed by atoms with Gasteiger partial charge in [-0.2, -0.15) is 23.4 Å². The summed E-state index contributed by atoms with van der Waals surface area (Å²) in [5.41, 5.74) is 4.08. The second kappa shape index (κ2) is 8.42. The summed E-state index contributed by atoms with van der Waals surface area (Å²) in [4.78, 5) is 11.9. The fourth-order valence-electron chi connectivity index (χ4n) is 4.40. The van der Waals surface area contributed by atoms with Gasteiger partial charge in [-0.1, -0.05) is 6.08 Å². The normalized spacial score (nSPS) is 14.5. The number of hydrogen-bond acceptors (Lipinski definition) is 5. The molecule has 4 aromatic heterocycles. The molecule has 0 unspecified atom stereocenters. The van der Waals surface area contributed by atoms with Gasteiger partial charge in [-0.15, -0.1) is 0 Å². The maximum atomic E-state index is 13.0. The van der Waals surface area contributed by atoms with Crippen molar-refractivity contribution in [1.29, 1.82) is 0 Å².